The number of nitrogens with one attached hydrogen (secondary N) is 2. The lowest BCUT2D eigenvalue weighted by Gasteiger charge is -2.07. The van der Waals surface area contributed by atoms with E-state index in [1.54, 1.807) is 7.11 Å². The van der Waals surface area contributed by atoms with Crippen molar-refractivity contribution >= 4 is 0 Å². The molecule has 112 valence electrons. The highest BCUT2D eigenvalue weighted by molar-refractivity contribution is 5.30. The Bertz CT molecular complexity index is 637. The number of rotatable bonds is 7. The van der Waals surface area contributed by atoms with Gasteiger partial charge in [-0.05, 0) is 30.7 Å². The summed E-state index contributed by atoms with van der Waals surface area (Å²) in [4.78, 5) is 19.0. The third-order valence-electron chi connectivity index (χ3n) is 3.08. The van der Waals surface area contributed by atoms with Crippen LogP contribution in [0.2, 0.25) is 0 Å². The number of H-pyrrole nitrogens is 1. The minimum atomic E-state index is -0.115. The van der Waals surface area contributed by atoms with E-state index in [-0.39, 0.29) is 5.56 Å². The zero-order valence-corrected chi connectivity index (χ0v) is 12.5. The third kappa shape index (κ3) is 4.72. The molecule has 1 heterocycles. The fourth-order valence-electron chi connectivity index (χ4n) is 2.11. The summed E-state index contributed by atoms with van der Waals surface area (Å²) in [6.45, 7) is 3.63. The fourth-order valence-corrected chi connectivity index (χ4v) is 2.11. The lowest BCUT2D eigenvalue weighted by Crippen LogP contribution is -2.19. The van der Waals surface area contributed by atoms with Gasteiger partial charge in [0, 0.05) is 19.0 Å². The number of aromatic amines is 1. The minimum Gasteiger partial charge on any atom is -0.497 e. The van der Waals surface area contributed by atoms with Gasteiger partial charge in [-0.15, -0.1) is 0 Å². The molecular formula is C16H21N3O2. The van der Waals surface area contributed by atoms with E-state index in [4.69, 9.17) is 4.74 Å². The summed E-state index contributed by atoms with van der Waals surface area (Å²) in [7, 11) is 1.64. The van der Waals surface area contributed by atoms with E-state index in [0.717, 1.165) is 30.0 Å². The lowest BCUT2D eigenvalue weighted by atomic mass is 10.1. The van der Waals surface area contributed by atoms with Gasteiger partial charge in [0.05, 0.1) is 12.8 Å². The molecule has 0 saturated carbocycles. The van der Waals surface area contributed by atoms with Crippen LogP contribution in [0.1, 0.15) is 30.4 Å². The number of aromatic nitrogens is 2. The Labute approximate surface area is 124 Å². The van der Waals surface area contributed by atoms with Crippen LogP contribution in [0.5, 0.6) is 5.75 Å². The Morgan fingerprint density at radius 2 is 2.19 bits per heavy atom. The maximum Gasteiger partial charge on any atom is 0.251 e. The molecule has 2 N–H and O–H groups in total. The summed E-state index contributed by atoms with van der Waals surface area (Å²) in [5.41, 5.74) is 1.71. The fraction of sp³-hybridized carbons (Fsp3) is 0.375. The van der Waals surface area contributed by atoms with E-state index in [1.807, 2.05) is 24.3 Å². The van der Waals surface area contributed by atoms with Crippen molar-refractivity contribution in [2.24, 2.45) is 0 Å². The van der Waals surface area contributed by atoms with Gasteiger partial charge in [-0.2, -0.15) is 0 Å². The van der Waals surface area contributed by atoms with Crippen LogP contribution in [0.4, 0.5) is 0 Å². The van der Waals surface area contributed by atoms with Crippen molar-refractivity contribution in [1.29, 1.82) is 0 Å². The number of nitrogens with zero attached hydrogens (tertiary/aromatic N) is 1. The van der Waals surface area contributed by atoms with Crippen LogP contribution in [0.15, 0.2) is 35.1 Å². The largest absolute Gasteiger partial charge is 0.497 e. The Kier molecular flexibility index (Phi) is 5.51. The highest BCUT2D eigenvalue weighted by atomic mass is 16.5. The van der Waals surface area contributed by atoms with E-state index in [9.17, 15) is 4.79 Å². The van der Waals surface area contributed by atoms with Crippen LogP contribution in [0, 0.1) is 0 Å². The topological polar surface area (TPSA) is 67.0 Å². The summed E-state index contributed by atoms with van der Waals surface area (Å²) < 4.78 is 5.20. The predicted octanol–water partition coefficient (Wildman–Crippen LogP) is 1.87. The highest BCUT2D eigenvalue weighted by Crippen LogP contribution is 2.14. The first-order valence-electron chi connectivity index (χ1n) is 7.14. The van der Waals surface area contributed by atoms with Crippen molar-refractivity contribution in [2.75, 3.05) is 13.7 Å². The molecule has 1 aromatic heterocycles. The zero-order valence-electron chi connectivity index (χ0n) is 12.5. The second-order valence-corrected chi connectivity index (χ2v) is 4.89. The summed E-state index contributed by atoms with van der Waals surface area (Å²) in [6, 6.07) is 9.30. The van der Waals surface area contributed by atoms with Crippen LogP contribution in [0.3, 0.4) is 0 Å². The van der Waals surface area contributed by atoms with Gasteiger partial charge in [-0.25, -0.2) is 4.98 Å². The number of hydrogen-bond donors (Lipinski definition) is 2. The monoisotopic (exact) mass is 287 g/mol. The smallest absolute Gasteiger partial charge is 0.251 e. The van der Waals surface area contributed by atoms with Crippen molar-refractivity contribution in [1.82, 2.24) is 15.3 Å². The second kappa shape index (κ2) is 7.59. The molecule has 5 heteroatoms. The molecular weight excluding hydrogens is 266 g/mol. The number of methoxy groups -OCH3 is 1. The van der Waals surface area contributed by atoms with Crippen LogP contribution >= 0.6 is 0 Å². The van der Waals surface area contributed by atoms with Gasteiger partial charge in [0.15, 0.2) is 0 Å². The van der Waals surface area contributed by atoms with Gasteiger partial charge in [0.25, 0.3) is 5.56 Å². The van der Waals surface area contributed by atoms with Gasteiger partial charge in [0.1, 0.15) is 11.6 Å². The Morgan fingerprint density at radius 3 is 2.95 bits per heavy atom. The summed E-state index contributed by atoms with van der Waals surface area (Å²) in [5.74, 6) is 1.47. The summed E-state index contributed by atoms with van der Waals surface area (Å²) in [5, 5.41) is 3.25. The summed E-state index contributed by atoms with van der Waals surface area (Å²) in [6.07, 6.45) is 1.63. The minimum absolute atomic E-state index is 0.115. The molecule has 2 rings (SSSR count). The Hall–Kier alpha value is -2.14. The molecule has 5 nitrogen and oxygen atoms in total. The Balaban J connectivity index is 2.13. The van der Waals surface area contributed by atoms with Crippen LogP contribution < -0.4 is 15.6 Å². The first-order chi connectivity index (χ1) is 10.2. The highest BCUT2D eigenvalue weighted by Gasteiger charge is 2.04. The van der Waals surface area contributed by atoms with E-state index in [0.29, 0.717) is 18.8 Å². The second-order valence-electron chi connectivity index (χ2n) is 4.89. The maximum absolute atomic E-state index is 11.7. The van der Waals surface area contributed by atoms with Crippen LogP contribution in [-0.2, 0) is 13.0 Å². The Morgan fingerprint density at radius 1 is 1.33 bits per heavy atom. The predicted molar refractivity (Wildman–Crippen MR) is 82.7 cm³/mol. The van der Waals surface area contributed by atoms with E-state index in [2.05, 4.69) is 22.2 Å². The number of ether oxygens (including phenoxy) is 1. The molecule has 0 saturated heterocycles. The molecule has 1 aromatic carbocycles. The molecule has 21 heavy (non-hydrogen) atoms. The van der Waals surface area contributed by atoms with E-state index >= 15 is 0 Å². The zero-order chi connectivity index (χ0) is 15.1. The standard InChI is InChI=1S/C16H21N3O2/c1-3-7-17-11-13-10-16(20)19-15(18-13)9-12-5-4-6-14(8-12)21-2/h4-6,8,10,17H,3,7,9,11H2,1-2H3,(H,18,19,20). The molecule has 0 unspecified atom stereocenters. The molecule has 0 aliphatic carbocycles. The van der Waals surface area contributed by atoms with E-state index < -0.39 is 0 Å². The third-order valence-corrected chi connectivity index (χ3v) is 3.08. The first kappa shape index (κ1) is 15.3. The molecule has 0 fully saturated rings. The van der Waals surface area contributed by atoms with E-state index in [1.165, 1.54) is 6.07 Å². The van der Waals surface area contributed by atoms with Crippen molar-refractivity contribution in [3.8, 4) is 5.75 Å². The average molecular weight is 287 g/mol. The van der Waals surface area contributed by atoms with Crippen molar-refractivity contribution in [3.05, 3.63) is 57.8 Å². The molecule has 0 radical (unpaired) electrons. The van der Waals surface area contributed by atoms with Gasteiger partial charge < -0.3 is 15.0 Å². The number of benzene rings is 1. The molecule has 0 spiro atoms. The maximum atomic E-state index is 11.7. The normalized spacial score (nSPS) is 10.6. The average Bonchev–Trinajstić information content (AvgIpc) is 2.47. The van der Waals surface area contributed by atoms with Crippen molar-refractivity contribution < 1.29 is 4.74 Å². The molecule has 0 bridgehead atoms. The number of hydrogen-bond acceptors (Lipinski definition) is 4. The van der Waals surface area contributed by atoms with Gasteiger partial charge in [-0.1, -0.05) is 19.1 Å². The first-order valence-corrected chi connectivity index (χ1v) is 7.14. The molecule has 0 amide bonds. The SMILES string of the molecule is CCCNCc1cc(=O)[nH]c(Cc2cccc(OC)c2)n1. The molecule has 0 aliphatic rings. The lowest BCUT2D eigenvalue weighted by molar-refractivity contribution is 0.414. The van der Waals surface area contributed by atoms with Gasteiger partial charge >= 0.3 is 0 Å². The van der Waals surface area contributed by atoms with Gasteiger partial charge in [0.2, 0.25) is 0 Å². The van der Waals surface area contributed by atoms with Crippen molar-refractivity contribution in [3.63, 3.8) is 0 Å². The van der Waals surface area contributed by atoms with Crippen molar-refractivity contribution in [2.45, 2.75) is 26.3 Å². The van der Waals surface area contributed by atoms with Crippen LogP contribution in [0.25, 0.3) is 0 Å². The van der Waals surface area contributed by atoms with Gasteiger partial charge in [-0.3, -0.25) is 4.79 Å². The molecule has 0 atom stereocenters. The molecule has 0 aliphatic heterocycles. The molecule has 2 aromatic rings. The van der Waals surface area contributed by atoms with Crippen LogP contribution in [-0.4, -0.2) is 23.6 Å². The summed E-state index contributed by atoms with van der Waals surface area (Å²) >= 11 is 0. The quantitative estimate of drug-likeness (QED) is 0.763.